The molecule has 5 heteroatoms. The normalized spacial score (nSPS) is 18.0. The van der Waals surface area contributed by atoms with E-state index in [1.165, 1.54) is 5.69 Å². The number of nitrogens with zero attached hydrogens (tertiary/aromatic N) is 2. The Hall–Kier alpha value is -1.78. The van der Waals surface area contributed by atoms with Crippen LogP contribution in [0.1, 0.15) is 30.3 Å². The zero-order chi connectivity index (χ0) is 14.9. The van der Waals surface area contributed by atoms with E-state index in [0.29, 0.717) is 5.92 Å². The molecule has 1 fully saturated rings. The van der Waals surface area contributed by atoms with E-state index in [-0.39, 0.29) is 0 Å². The average Bonchev–Trinajstić information content (AvgIpc) is 2.96. The number of aromatic nitrogens is 2. The van der Waals surface area contributed by atoms with Gasteiger partial charge in [-0.25, -0.2) is 4.98 Å². The smallest absolute Gasteiger partial charge is 0.117 e. The standard InChI is InChI=1S/C17H18ClN3O/c18-14-3-1-12(2-4-14)16-15-11-19-7-8-21(15)17(20-16)13-5-9-22-10-6-13/h1-4,7-8,13,19H,5-6,9-11H2. The molecule has 1 saturated heterocycles. The molecule has 114 valence electrons. The summed E-state index contributed by atoms with van der Waals surface area (Å²) >= 11 is 6.01. The van der Waals surface area contributed by atoms with Crippen LogP contribution in [0.15, 0.2) is 30.5 Å². The predicted molar refractivity (Wildman–Crippen MR) is 87.6 cm³/mol. The second-order valence-corrected chi connectivity index (χ2v) is 6.16. The molecule has 22 heavy (non-hydrogen) atoms. The van der Waals surface area contributed by atoms with Crippen molar-refractivity contribution < 1.29 is 4.74 Å². The summed E-state index contributed by atoms with van der Waals surface area (Å²) in [5.41, 5.74) is 3.38. The van der Waals surface area contributed by atoms with Crippen molar-refractivity contribution in [1.82, 2.24) is 14.9 Å². The molecule has 0 saturated carbocycles. The first-order valence-corrected chi connectivity index (χ1v) is 8.05. The monoisotopic (exact) mass is 315 g/mol. The van der Waals surface area contributed by atoms with E-state index in [1.807, 2.05) is 30.5 Å². The minimum atomic E-state index is 0.469. The molecule has 0 radical (unpaired) electrons. The Labute approximate surface area is 134 Å². The highest BCUT2D eigenvalue weighted by Gasteiger charge is 2.26. The zero-order valence-corrected chi connectivity index (χ0v) is 13.0. The quantitative estimate of drug-likeness (QED) is 0.920. The van der Waals surface area contributed by atoms with E-state index < -0.39 is 0 Å². The highest BCUT2D eigenvalue weighted by atomic mass is 35.5. The number of nitrogens with one attached hydrogen (secondary N) is 1. The van der Waals surface area contributed by atoms with Crippen LogP contribution < -0.4 is 5.32 Å². The summed E-state index contributed by atoms with van der Waals surface area (Å²) in [4.78, 5) is 4.99. The summed E-state index contributed by atoms with van der Waals surface area (Å²) < 4.78 is 7.73. The Balaban J connectivity index is 1.80. The van der Waals surface area contributed by atoms with Gasteiger partial charge in [-0.15, -0.1) is 0 Å². The molecule has 0 amide bonds. The van der Waals surface area contributed by atoms with E-state index >= 15 is 0 Å². The van der Waals surface area contributed by atoms with Crippen molar-refractivity contribution in [3.63, 3.8) is 0 Å². The van der Waals surface area contributed by atoms with Gasteiger partial charge in [-0.1, -0.05) is 23.7 Å². The number of fused-ring (bicyclic) bond motifs is 1. The fraction of sp³-hybridized carbons (Fsp3) is 0.353. The third-order valence-corrected chi connectivity index (χ3v) is 4.60. The fourth-order valence-corrected chi connectivity index (χ4v) is 3.31. The minimum Gasteiger partial charge on any atom is -0.384 e. The average molecular weight is 316 g/mol. The van der Waals surface area contributed by atoms with Crippen LogP contribution in [-0.4, -0.2) is 22.8 Å². The summed E-state index contributed by atoms with van der Waals surface area (Å²) in [7, 11) is 0. The Morgan fingerprint density at radius 2 is 1.95 bits per heavy atom. The van der Waals surface area contributed by atoms with Crippen molar-refractivity contribution in [2.45, 2.75) is 25.3 Å². The van der Waals surface area contributed by atoms with Gasteiger partial charge in [0.15, 0.2) is 0 Å². The lowest BCUT2D eigenvalue weighted by molar-refractivity contribution is 0.0833. The van der Waals surface area contributed by atoms with Crippen molar-refractivity contribution in [2.75, 3.05) is 13.2 Å². The number of ether oxygens (including phenoxy) is 1. The molecule has 0 bridgehead atoms. The second kappa shape index (κ2) is 5.78. The van der Waals surface area contributed by atoms with Gasteiger partial charge >= 0.3 is 0 Å². The molecule has 0 aliphatic carbocycles. The Morgan fingerprint density at radius 3 is 2.73 bits per heavy atom. The lowest BCUT2D eigenvalue weighted by Gasteiger charge is -2.22. The number of halogens is 1. The Morgan fingerprint density at radius 1 is 1.18 bits per heavy atom. The maximum absolute atomic E-state index is 6.01. The third-order valence-electron chi connectivity index (χ3n) is 4.35. The molecule has 2 aliphatic rings. The van der Waals surface area contributed by atoms with Gasteiger partial charge in [-0.3, -0.25) is 0 Å². The first-order valence-electron chi connectivity index (χ1n) is 7.67. The molecule has 1 aromatic carbocycles. The maximum Gasteiger partial charge on any atom is 0.117 e. The van der Waals surface area contributed by atoms with Gasteiger partial charge in [0.1, 0.15) is 5.82 Å². The van der Waals surface area contributed by atoms with Gasteiger partial charge in [-0.05, 0) is 25.0 Å². The fourth-order valence-electron chi connectivity index (χ4n) is 3.19. The Bertz CT molecular complexity index is 699. The van der Waals surface area contributed by atoms with E-state index in [4.69, 9.17) is 21.3 Å². The SMILES string of the molecule is Clc1ccc(-c2nc(C3CCOCC3)n3c2CNC=C3)cc1. The summed E-state index contributed by atoms with van der Waals surface area (Å²) in [6.07, 6.45) is 6.15. The number of rotatable bonds is 2. The first kappa shape index (κ1) is 13.9. The van der Waals surface area contributed by atoms with E-state index in [9.17, 15) is 0 Å². The van der Waals surface area contributed by atoms with Crippen LogP contribution in [0.25, 0.3) is 17.5 Å². The van der Waals surface area contributed by atoms with Crippen molar-refractivity contribution in [3.8, 4) is 11.3 Å². The van der Waals surface area contributed by atoms with Crippen LogP contribution in [0.5, 0.6) is 0 Å². The molecule has 2 aliphatic heterocycles. The van der Waals surface area contributed by atoms with Crippen molar-refractivity contribution in [2.24, 2.45) is 0 Å². The molecule has 4 nitrogen and oxygen atoms in total. The van der Waals surface area contributed by atoms with Crippen LogP contribution >= 0.6 is 11.6 Å². The maximum atomic E-state index is 6.01. The molecule has 0 atom stereocenters. The first-order chi connectivity index (χ1) is 10.8. The number of benzene rings is 1. The van der Waals surface area contributed by atoms with Gasteiger partial charge < -0.3 is 14.6 Å². The zero-order valence-electron chi connectivity index (χ0n) is 12.3. The van der Waals surface area contributed by atoms with E-state index in [0.717, 1.165) is 54.7 Å². The van der Waals surface area contributed by atoms with Crippen LogP contribution in [0.4, 0.5) is 0 Å². The number of hydrogen-bond donors (Lipinski definition) is 1. The summed E-state index contributed by atoms with van der Waals surface area (Å²) in [6.45, 7) is 2.45. The van der Waals surface area contributed by atoms with E-state index in [1.54, 1.807) is 0 Å². The Kier molecular flexibility index (Phi) is 3.64. The van der Waals surface area contributed by atoms with Gasteiger partial charge in [0.2, 0.25) is 0 Å². The topological polar surface area (TPSA) is 39.1 Å². The lowest BCUT2D eigenvalue weighted by atomic mass is 9.99. The molecule has 1 aromatic heterocycles. The summed E-state index contributed by atoms with van der Waals surface area (Å²) in [6, 6.07) is 7.92. The molecular formula is C17H18ClN3O. The number of imidazole rings is 1. The molecule has 3 heterocycles. The van der Waals surface area contributed by atoms with Crippen molar-refractivity contribution >= 4 is 17.8 Å². The van der Waals surface area contributed by atoms with Crippen LogP contribution in [0.3, 0.4) is 0 Å². The molecule has 0 unspecified atom stereocenters. The molecule has 0 spiro atoms. The van der Waals surface area contributed by atoms with Crippen LogP contribution in [-0.2, 0) is 11.3 Å². The minimum absolute atomic E-state index is 0.469. The van der Waals surface area contributed by atoms with Crippen LogP contribution in [0, 0.1) is 0 Å². The summed E-state index contributed by atoms with van der Waals surface area (Å²) in [5.74, 6) is 1.62. The largest absolute Gasteiger partial charge is 0.384 e. The van der Waals surface area contributed by atoms with Crippen LogP contribution in [0.2, 0.25) is 5.02 Å². The van der Waals surface area contributed by atoms with Crippen molar-refractivity contribution in [1.29, 1.82) is 0 Å². The highest BCUT2D eigenvalue weighted by Crippen LogP contribution is 2.33. The summed E-state index contributed by atoms with van der Waals surface area (Å²) in [5, 5.41) is 4.04. The van der Waals surface area contributed by atoms with Gasteiger partial charge in [-0.2, -0.15) is 0 Å². The predicted octanol–water partition coefficient (Wildman–Crippen LogP) is 3.63. The van der Waals surface area contributed by atoms with Gasteiger partial charge in [0.05, 0.1) is 17.9 Å². The number of hydrogen-bond acceptors (Lipinski definition) is 3. The van der Waals surface area contributed by atoms with E-state index in [2.05, 4.69) is 16.1 Å². The molecule has 2 aromatic rings. The highest BCUT2D eigenvalue weighted by molar-refractivity contribution is 6.30. The second-order valence-electron chi connectivity index (χ2n) is 5.73. The third kappa shape index (κ3) is 2.42. The molecule has 1 N–H and O–H groups in total. The molecule has 4 rings (SSSR count). The van der Waals surface area contributed by atoms with Crippen molar-refractivity contribution in [3.05, 3.63) is 47.0 Å². The lowest BCUT2D eigenvalue weighted by Crippen LogP contribution is -2.20. The molecular weight excluding hydrogens is 298 g/mol. The van der Waals surface area contributed by atoms with Gasteiger partial charge in [0.25, 0.3) is 0 Å². The van der Waals surface area contributed by atoms with Gasteiger partial charge in [0, 0.05) is 42.1 Å².